The van der Waals surface area contributed by atoms with Crippen molar-refractivity contribution in [1.82, 2.24) is 5.32 Å². The summed E-state index contributed by atoms with van der Waals surface area (Å²) in [7, 11) is 3.26. The van der Waals surface area contributed by atoms with Crippen molar-refractivity contribution in [1.29, 1.82) is 0 Å². The second-order valence-electron chi connectivity index (χ2n) is 3.71. The molecular weight excluding hydrogens is 222 g/mol. The Balaban J connectivity index is 3.03. The van der Waals surface area contributed by atoms with Gasteiger partial charge >= 0.3 is 0 Å². The van der Waals surface area contributed by atoms with Crippen LogP contribution in [0.15, 0.2) is 18.2 Å². The predicted octanol–water partition coefficient (Wildman–Crippen LogP) is 1.09. The number of hydrogen-bond donors (Lipinski definition) is 1. The van der Waals surface area contributed by atoms with E-state index < -0.39 is 4.92 Å². The zero-order valence-electron chi connectivity index (χ0n) is 10.1. The van der Waals surface area contributed by atoms with E-state index >= 15 is 0 Å². The first-order chi connectivity index (χ1) is 7.97. The summed E-state index contributed by atoms with van der Waals surface area (Å²) in [4.78, 5) is 23.3. The summed E-state index contributed by atoms with van der Waals surface area (Å²) in [6.07, 6.45) is 0. The topological polar surface area (TPSA) is 75.5 Å². The molecule has 0 heterocycles. The molecule has 92 valence electrons. The third-order valence-corrected chi connectivity index (χ3v) is 2.48. The van der Waals surface area contributed by atoms with E-state index in [1.54, 1.807) is 33.2 Å². The van der Waals surface area contributed by atoms with E-state index in [1.165, 1.54) is 11.0 Å². The lowest BCUT2D eigenvalue weighted by molar-refractivity contribution is -0.385. The van der Waals surface area contributed by atoms with Crippen LogP contribution < -0.4 is 10.2 Å². The fourth-order valence-electron chi connectivity index (χ4n) is 1.42. The molecule has 0 spiro atoms. The van der Waals surface area contributed by atoms with Gasteiger partial charge in [0.1, 0.15) is 0 Å². The molecule has 6 heteroatoms. The maximum absolute atomic E-state index is 11.6. The van der Waals surface area contributed by atoms with Crippen molar-refractivity contribution >= 4 is 17.3 Å². The molecule has 0 bridgehead atoms. The van der Waals surface area contributed by atoms with Crippen LogP contribution >= 0.6 is 0 Å². The van der Waals surface area contributed by atoms with Crippen molar-refractivity contribution in [2.24, 2.45) is 0 Å². The van der Waals surface area contributed by atoms with Crippen LogP contribution in [0.3, 0.4) is 0 Å². The highest BCUT2D eigenvalue weighted by Crippen LogP contribution is 2.24. The maximum Gasteiger partial charge on any atom is 0.274 e. The average Bonchev–Trinajstić information content (AvgIpc) is 2.28. The molecule has 0 aliphatic heterocycles. The van der Waals surface area contributed by atoms with Crippen molar-refractivity contribution in [3.8, 4) is 0 Å². The number of nitrogens with zero attached hydrogens (tertiary/aromatic N) is 2. The zero-order chi connectivity index (χ0) is 13.0. The molecule has 17 heavy (non-hydrogen) atoms. The second-order valence-corrected chi connectivity index (χ2v) is 3.71. The first-order valence-electron chi connectivity index (χ1n) is 5.13. The number of nitro benzene ring substituents is 1. The lowest BCUT2D eigenvalue weighted by Crippen LogP contribution is -2.34. The molecule has 0 atom stereocenters. The van der Waals surface area contributed by atoms with Crippen LogP contribution in [-0.4, -0.2) is 31.5 Å². The van der Waals surface area contributed by atoms with E-state index in [0.717, 1.165) is 0 Å². The number of anilines is 1. The molecule has 0 radical (unpaired) electrons. The highest BCUT2D eigenvalue weighted by Gasteiger charge is 2.15. The van der Waals surface area contributed by atoms with Gasteiger partial charge < -0.3 is 10.2 Å². The first kappa shape index (κ1) is 13.1. The molecule has 1 rings (SSSR count). The van der Waals surface area contributed by atoms with E-state index in [2.05, 4.69) is 5.32 Å². The Kier molecular flexibility index (Phi) is 4.17. The Morgan fingerprint density at radius 1 is 1.53 bits per heavy atom. The summed E-state index contributed by atoms with van der Waals surface area (Å²) in [6.45, 7) is 1.86. The Bertz CT molecular complexity index is 446. The van der Waals surface area contributed by atoms with Gasteiger partial charge in [0.25, 0.3) is 5.69 Å². The molecule has 0 aliphatic rings. The van der Waals surface area contributed by atoms with Crippen molar-refractivity contribution in [3.63, 3.8) is 0 Å². The predicted molar refractivity (Wildman–Crippen MR) is 65.2 cm³/mol. The number of amides is 1. The van der Waals surface area contributed by atoms with Crippen molar-refractivity contribution in [2.75, 3.05) is 25.5 Å². The second kappa shape index (κ2) is 5.40. The zero-order valence-corrected chi connectivity index (χ0v) is 10.1. The van der Waals surface area contributed by atoms with Gasteiger partial charge in [-0.2, -0.15) is 0 Å². The number of rotatable bonds is 4. The minimum Gasteiger partial charge on any atom is -0.314 e. The summed E-state index contributed by atoms with van der Waals surface area (Å²) in [5, 5.41) is 13.5. The van der Waals surface area contributed by atoms with E-state index in [-0.39, 0.29) is 18.1 Å². The molecule has 1 aromatic rings. The molecule has 1 aromatic carbocycles. The lowest BCUT2D eigenvalue weighted by Gasteiger charge is -2.17. The van der Waals surface area contributed by atoms with Gasteiger partial charge in [-0.25, -0.2) is 0 Å². The minimum atomic E-state index is -0.449. The number of carbonyl (C=O) groups is 1. The van der Waals surface area contributed by atoms with Crippen LogP contribution in [0, 0.1) is 17.0 Å². The molecule has 0 unspecified atom stereocenters. The van der Waals surface area contributed by atoms with Crippen LogP contribution in [0.4, 0.5) is 11.4 Å². The summed E-state index contributed by atoms with van der Waals surface area (Å²) < 4.78 is 0. The largest absolute Gasteiger partial charge is 0.314 e. The number of nitrogens with one attached hydrogen (secondary N) is 1. The summed E-state index contributed by atoms with van der Waals surface area (Å²) >= 11 is 0. The van der Waals surface area contributed by atoms with Gasteiger partial charge in [-0.1, -0.05) is 6.07 Å². The minimum absolute atomic E-state index is 0.0200. The van der Waals surface area contributed by atoms with Crippen molar-refractivity contribution < 1.29 is 9.72 Å². The van der Waals surface area contributed by atoms with E-state index in [1.807, 2.05) is 0 Å². The van der Waals surface area contributed by atoms with Crippen molar-refractivity contribution in [2.45, 2.75) is 6.92 Å². The third-order valence-electron chi connectivity index (χ3n) is 2.48. The third kappa shape index (κ3) is 3.01. The van der Waals surface area contributed by atoms with E-state index in [9.17, 15) is 14.9 Å². The van der Waals surface area contributed by atoms with Gasteiger partial charge in [-0.05, 0) is 20.0 Å². The lowest BCUT2D eigenvalue weighted by atomic mass is 10.1. The molecule has 0 saturated carbocycles. The summed E-state index contributed by atoms with van der Waals surface area (Å²) in [6, 6.07) is 4.73. The van der Waals surface area contributed by atoms with Gasteiger partial charge in [0.15, 0.2) is 0 Å². The van der Waals surface area contributed by atoms with Gasteiger partial charge in [-0.15, -0.1) is 0 Å². The molecule has 6 nitrogen and oxygen atoms in total. The molecule has 1 amide bonds. The number of nitro groups is 1. The standard InChI is InChI=1S/C11H15N3O3/c1-8-4-5-9(6-10(8)14(16)17)13(3)11(15)7-12-2/h4-6,12H,7H2,1-3H3. The van der Waals surface area contributed by atoms with E-state index in [0.29, 0.717) is 11.3 Å². The van der Waals surface area contributed by atoms with Gasteiger partial charge in [0.05, 0.1) is 17.2 Å². The Morgan fingerprint density at radius 2 is 2.18 bits per heavy atom. The number of hydrogen-bond acceptors (Lipinski definition) is 4. The first-order valence-corrected chi connectivity index (χ1v) is 5.13. The molecular formula is C11H15N3O3. The molecule has 0 saturated heterocycles. The van der Waals surface area contributed by atoms with Crippen LogP contribution in [0.1, 0.15) is 5.56 Å². The molecule has 0 aromatic heterocycles. The average molecular weight is 237 g/mol. The fourth-order valence-corrected chi connectivity index (χ4v) is 1.42. The molecule has 0 fully saturated rings. The number of likely N-dealkylation sites (N-methyl/N-ethyl adjacent to an activating group) is 2. The van der Waals surface area contributed by atoms with Crippen molar-refractivity contribution in [3.05, 3.63) is 33.9 Å². The van der Waals surface area contributed by atoms with E-state index in [4.69, 9.17) is 0 Å². The Hall–Kier alpha value is -1.95. The fraction of sp³-hybridized carbons (Fsp3) is 0.364. The van der Waals surface area contributed by atoms with Crippen LogP contribution in [0.5, 0.6) is 0 Å². The number of carbonyl (C=O) groups excluding carboxylic acids is 1. The van der Waals surface area contributed by atoms with Crippen LogP contribution in [-0.2, 0) is 4.79 Å². The quantitative estimate of drug-likeness (QED) is 0.628. The highest BCUT2D eigenvalue weighted by molar-refractivity contribution is 5.94. The molecule has 0 aliphatic carbocycles. The summed E-state index contributed by atoms with van der Waals surface area (Å²) in [5.41, 5.74) is 1.11. The summed E-state index contributed by atoms with van der Waals surface area (Å²) in [5.74, 6) is -0.148. The monoisotopic (exact) mass is 237 g/mol. The normalized spacial score (nSPS) is 10.1. The van der Waals surface area contributed by atoms with Crippen LogP contribution in [0.2, 0.25) is 0 Å². The number of aryl methyl sites for hydroxylation is 1. The van der Waals surface area contributed by atoms with Gasteiger partial charge in [0, 0.05) is 18.7 Å². The number of benzene rings is 1. The Labute approximate surface area is 99.4 Å². The highest BCUT2D eigenvalue weighted by atomic mass is 16.6. The smallest absolute Gasteiger partial charge is 0.274 e. The Morgan fingerprint density at radius 3 is 2.71 bits per heavy atom. The maximum atomic E-state index is 11.6. The molecule has 1 N–H and O–H groups in total. The van der Waals surface area contributed by atoms with Crippen LogP contribution in [0.25, 0.3) is 0 Å². The van der Waals surface area contributed by atoms with Gasteiger partial charge in [-0.3, -0.25) is 14.9 Å². The van der Waals surface area contributed by atoms with Gasteiger partial charge in [0.2, 0.25) is 5.91 Å². The SMILES string of the molecule is CNCC(=O)N(C)c1ccc(C)c([N+](=O)[O-])c1.